The highest BCUT2D eigenvalue weighted by Gasteiger charge is 2.37. The monoisotopic (exact) mass is 621 g/mol. The molecule has 5 aromatic carbocycles. The van der Waals surface area contributed by atoms with Crippen molar-refractivity contribution in [1.29, 1.82) is 0 Å². The normalized spacial score (nSPS) is 11.7. The van der Waals surface area contributed by atoms with Crippen LogP contribution in [0.1, 0.15) is 32.6 Å². The Morgan fingerprint density at radius 2 is 1.24 bits per heavy atom. The number of phenols is 1. The number of aryl methyl sites for hydroxylation is 2. The van der Waals surface area contributed by atoms with E-state index in [2.05, 4.69) is 56.3 Å². The standard InChI is InChI=1S/C19H11F6NO2.C16H14O/c20-18(21,22)12-7-13(19(23,24)25)9-14(8-12)26-17(28)15-5-10-3-1-2-4-11(10)6-16(15)27;1-11-3-6-13(7-4-11)16-10-14-9-12(2)5-8-15(14)17-16/h1-9,27H,(H,26,28);3-10H,1-2H3. The second kappa shape index (κ2) is 12.0. The number of hydrogen-bond acceptors (Lipinski definition) is 3. The van der Waals surface area contributed by atoms with Crippen LogP contribution < -0.4 is 5.32 Å². The van der Waals surface area contributed by atoms with Crippen LogP contribution in [0, 0.1) is 13.8 Å². The molecule has 0 atom stereocenters. The quantitative estimate of drug-likeness (QED) is 0.193. The van der Waals surface area contributed by atoms with Crippen molar-refractivity contribution in [2.45, 2.75) is 26.2 Å². The van der Waals surface area contributed by atoms with Gasteiger partial charge in [0.2, 0.25) is 0 Å². The molecule has 0 saturated heterocycles. The zero-order valence-electron chi connectivity index (χ0n) is 23.8. The molecule has 6 rings (SSSR count). The Labute approximate surface area is 253 Å². The number of hydrogen-bond donors (Lipinski definition) is 2. The third-order valence-electron chi connectivity index (χ3n) is 6.96. The number of nitrogens with one attached hydrogen (secondary N) is 1. The summed E-state index contributed by atoms with van der Waals surface area (Å²) in [4.78, 5) is 12.4. The van der Waals surface area contributed by atoms with Gasteiger partial charge in [-0.15, -0.1) is 0 Å². The summed E-state index contributed by atoms with van der Waals surface area (Å²) in [5.41, 5.74) is 0.509. The third kappa shape index (κ3) is 7.29. The Balaban J connectivity index is 0.000000200. The first-order valence-corrected chi connectivity index (χ1v) is 13.6. The molecule has 0 fully saturated rings. The molecule has 0 bridgehead atoms. The van der Waals surface area contributed by atoms with E-state index in [-0.39, 0.29) is 11.6 Å². The van der Waals surface area contributed by atoms with Crippen LogP contribution >= 0.6 is 0 Å². The Kier molecular flexibility index (Phi) is 8.34. The first kappa shape index (κ1) is 31.2. The largest absolute Gasteiger partial charge is 0.507 e. The van der Waals surface area contributed by atoms with Crippen molar-refractivity contribution >= 4 is 33.3 Å². The number of fused-ring (bicyclic) bond motifs is 2. The van der Waals surface area contributed by atoms with Gasteiger partial charge in [-0.1, -0.05) is 65.7 Å². The summed E-state index contributed by atoms with van der Waals surface area (Å²) < 4.78 is 83.3. The zero-order chi connectivity index (χ0) is 32.5. The van der Waals surface area contributed by atoms with Crippen LogP contribution in [0.4, 0.5) is 32.0 Å². The predicted molar refractivity (Wildman–Crippen MR) is 161 cm³/mol. The summed E-state index contributed by atoms with van der Waals surface area (Å²) >= 11 is 0. The Morgan fingerprint density at radius 1 is 0.667 bits per heavy atom. The molecule has 10 heteroatoms. The number of carbonyl (C=O) groups excluding carboxylic acids is 1. The highest BCUT2D eigenvalue weighted by molar-refractivity contribution is 6.08. The highest BCUT2D eigenvalue weighted by Crippen LogP contribution is 2.38. The number of benzene rings is 5. The van der Waals surface area contributed by atoms with Gasteiger partial charge in [0.1, 0.15) is 17.1 Å². The van der Waals surface area contributed by atoms with Gasteiger partial charge in [0.25, 0.3) is 5.91 Å². The van der Waals surface area contributed by atoms with Crippen molar-refractivity contribution in [3.8, 4) is 17.1 Å². The average molecular weight is 622 g/mol. The van der Waals surface area contributed by atoms with Crippen molar-refractivity contribution < 1.29 is 40.7 Å². The number of alkyl halides is 6. The molecule has 45 heavy (non-hydrogen) atoms. The van der Waals surface area contributed by atoms with Crippen LogP contribution in [0.15, 0.2) is 108 Å². The lowest BCUT2D eigenvalue weighted by molar-refractivity contribution is -0.143. The molecule has 0 spiro atoms. The number of aromatic hydroxyl groups is 1. The van der Waals surface area contributed by atoms with E-state index in [1.54, 1.807) is 24.3 Å². The minimum absolute atomic E-state index is 0.0385. The molecular weight excluding hydrogens is 596 g/mol. The van der Waals surface area contributed by atoms with Crippen LogP contribution in [-0.2, 0) is 12.4 Å². The fourth-order valence-electron chi connectivity index (χ4n) is 4.66. The molecular formula is C35H25F6NO3. The van der Waals surface area contributed by atoms with Gasteiger partial charge in [0.15, 0.2) is 0 Å². The Hall–Kier alpha value is -5.25. The first-order valence-electron chi connectivity index (χ1n) is 13.6. The fraction of sp³-hybridized carbons (Fsp3) is 0.114. The van der Waals surface area contributed by atoms with E-state index in [0.29, 0.717) is 22.9 Å². The van der Waals surface area contributed by atoms with Crippen LogP contribution in [-0.4, -0.2) is 11.0 Å². The van der Waals surface area contributed by atoms with Gasteiger partial charge in [0, 0.05) is 16.6 Å². The number of furan rings is 1. The van der Waals surface area contributed by atoms with Crippen LogP contribution in [0.5, 0.6) is 5.75 Å². The molecule has 0 aliphatic carbocycles. The van der Waals surface area contributed by atoms with Crippen molar-refractivity contribution in [3.05, 3.63) is 131 Å². The van der Waals surface area contributed by atoms with Crippen molar-refractivity contribution in [3.63, 3.8) is 0 Å². The SMILES string of the molecule is Cc1ccc(-c2cc3cc(C)ccc3o2)cc1.O=C(Nc1cc(C(F)(F)F)cc(C(F)(F)F)c1)c1cc2ccccc2cc1O. The lowest BCUT2D eigenvalue weighted by atomic mass is 10.0. The van der Waals surface area contributed by atoms with Crippen molar-refractivity contribution in [2.24, 2.45) is 0 Å². The smallest absolute Gasteiger partial charge is 0.416 e. The van der Waals surface area contributed by atoms with Gasteiger partial charge in [-0.25, -0.2) is 0 Å². The minimum atomic E-state index is -5.04. The molecule has 1 amide bonds. The molecule has 4 nitrogen and oxygen atoms in total. The van der Waals surface area contributed by atoms with E-state index in [1.165, 1.54) is 28.6 Å². The fourth-order valence-corrected chi connectivity index (χ4v) is 4.66. The third-order valence-corrected chi connectivity index (χ3v) is 6.96. The molecule has 1 aromatic heterocycles. The molecule has 6 aromatic rings. The number of anilines is 1. The number of amides is 1. The van der Waals surface area contributed by atoms with Crippen LogP contribution in [0.2, 0.25) is 0 Å². The van der Waals surface area contributed by atoms with E-state index in [0.717, 1.165) is 16.9 Å². The molecule has 2 N–H and O–H groups in total. The Morgan fingerprint density at radius 3 is 1.84 bits per heavy atom. The number of halogens is 6. The second-order valence-corrected chi connectivity index (χ2v) is 10.5. The number of carbonyl (C=O) groups is 1. The van der Waals surface area contributed by atoms with Gasteiger partial charge < -0.3 is 14.8 Å². The molecule has 0 aliphatic heterocycles. The predicted octanol–water partition coefficient (Wildman–Crippen LogP) is 10.6. The summed E-state index contributed by atoms with van der Waals surface area (Å²) in [6.45, 7) is 4.18. The first-order chi connectivity index (χ1) is 21.2. The Bertz CT molecular complexity index is 1980. The van der Waals surface area contributed by atoms with Gasteiger partial charge in [0.05, 0.1) is 16.7 Å². The molecule has 230 valence electrons. The average Bonchev–Trinajstić information content (AvgIpc) is 3.39. The summed E-state index contributed by atoms with van der Waals surface area (Å²) in [7, 11) is 0. The lowest BCUT2D eigenvalue weighted by Crippen LogP contribution is -2.16. The van der Waals surface area contributed by atoms with Crippen molar-refractivity contribution in [2.75, 3.05) is 5.32 Å². The van der Waals surface area contributed by atoms with Crippen molar-refractivity contribution in [1.82, 2.24) is 0 Å². The second-order valence-electron chi connectivity index (χ2n) is 10.5. The molecule has 0 saturated carbocycles. The molecule has 0 radical (unpaired) electrons. The lowest BCUT2D eigenvalue weighted by Gasteiger charge is -2.15. The van der Waals surface area contributed by atoms with E-state index in [4.69, 9.17) is 4.42 Å². The van der Waals surface area contributed by atoms with E-state index < -0.39 is 40.8 Å². The highest BCUT2D eigenvalue weighted by atomic mass is 19.4. The van der Waals surface area contributed by atoms with Gasteiger partial charge in [-0.3, -0.25) is 4.79 Å². The number of rotatable bonds is 3. The van der Waals surface area contributed by atoms with Gasteiger partial charge in [-0.05, 0) is 73.2 Å². The summed E-state index contributed by atoms with van der Waals surface area (Å²) in [5.74, 6) is -0.569. The summed E-state index contributed by atoms with van der Waals surface area (Å²) in [6, 6.07) is 26.7. The number of phenolic OH excluding ortho intramolecular Hbond substituents is 1. The van der Waals surface area contributed by atoms with E-state index >= 15 is 0 Å². The zero-order valence-corrected chi connectivity index (χ0v) is 23.8. The van der Waals surface area contributed by atoms with E-state index in [9.17, 15) is 36.2 Å². The maximum atomic E-state index is 12.9. The maximum absolute atomic E-state index is 12.9. The van der Waals surface area contributed by atoms with Crippen LogP contribution in [0.3, 0.4) is 0 Å². The molecule has 1 heterocycles. The van der Waals surface area contributed by atoms with Gasteiger partial charge >= 0.3 is 12.4 Å². The maximum Gasteiger partial charge on any atom is 0.416 e. The minimum Gasteiger partial charge on any atom is -0.507 e. The topological polar surface area (TPSA) is 62.5 Å². The summed E-state index contributed by atoms with van der Waals surface area (Å²) in [6.07, 6.45) is -10.1. The summed E-state index contributed by atoms with van der Waals surface area (Å²) in [5, 5.41) is 14.3. The van der Waals surface area contributed by atoms with Crippen LogP contribution in [0.25, 0.3) is 33.1 Å². The van der Waals surface area contributed by atoms with Gasteiger partial charge in [-0.2, -0.15) is 26.3 Å². The molecule has 0 unspecified atom stereocenters. The molecule has 0 aliphatic rings. The van der Waals surface area contributed by atoms with E-state index in [1.807, 2.05) is 11.4 Å².